The Labute approximate surface area is 137 Å². The van der Waals surface area contributed by atoms with Crippen LogP contribution in [0.25, 0.3) is 5.69 Å². The number of carbonyl (C=O) groups is 1. The zero-order chi connectivity index (χ0) is 16.4. The molecule has 1 aliphatic rings. The minimum Gasteiger partial charge on any atom is -0.383 e. The van der Waals surface area contributed by atoms with Crippen LogP contribution in [0, 0.1) is 13.8 Å². The Bertz CT molecular complexity index is 691. The molecule has 1 atom stereocenters. The van der Waals surface area contributed by atoms with Gasteiger partial charge in [-0.25, -0.2) is 0 Å². The van der Waals surface area contributed by atoms with E-state index in [1.54, 1.807) is 7.11 Å². The number of amides is 1. The maximum atomic E-state index is 13.0. The summed E-state index contributed by atoms with van der Waals surface area (Å²) in [4.78, 5) is 15.0. The number of carbonyl (C=O) groups excluding carboxylic acids is 1. The van der Waals surface area contributed by atoms with Crippen molar-refractivity contribution in [2.45, 2.75) is 32.7 Å². The molecule has 0 saturated carbocycles. The molecule has 1 aromatic carbocycles. The van der Waals surface area contributed by atoms with Crippen LogP contribution in [-0.4, -0.2) is 41.7 Å². The molecule has 23 heavy (non-hydrogen) atoms. The van der Waals surface area contributed by atoms with E-state index in [9.17, 15) is 4.79 Å². The van der Waals surface area contributed by atoms with Gasteiger partial charge in [-0.2, -0.15) is 0 Å². The van der Waals surface area contributed by atoms with Crippen LogP contribution in [-0.2, 0) is 4.74 Å². The predicted molar refractivity (Wildman–Crippen MR) is 91.2 cm³/mol. The van der Waals surface area contributed by atoms with E-state index in [4.69, 9.17) is 4.74 Å². The molecule has 2 heterocycles. The van der Waals surface area contributed by atoms with Crippen molar-refractivity contribution in [1.82, 2.24) is 9.47 Å². The molecule has 0 spiro atoms. The van der Waals surface area contributed by atoms with E-state index in [0.29, 0.717) is 6.61 Å². The highest BCUT2D eigenvalue weighted by Gasteiger charge is 2.31. The number of hydrogen-bond acceptors (Lipinski definition) is 2. The van der Waals surface area contributed by atoms with Crippen LogP contribution in [0.2, 0.25) is 0 Å². The molecule has 4 nitrogen and oxygen atoms in total. The van der Waals surface area contributed by atoms with E-state index in [2.05, 4.69) is 16.7 Å². The van der Waals surface area contributed by atoms with Crippen molar-refractivity contribution < 1.29 is 9.53 Å². The van der Waals surface area contributed by atoms with E-state index in [1.807, 2.05) is 43.0 Å². The monoisotopic (exact) mass is 312 g/mol. The molecule has 0 radical (unpaired) electrons. The molecule has 1 aromatic heterocycles. The van der Waals surface area contributed by atoms with E-state index in [-0.39, 0.29) is 11.9 Å². The third-order valence-corrected chi connectivity index (χ3v) is 4.67. The fourth-order valence-corrected chi connectivity index (χ4v) is 3.58. The standard InChI is InChI=1S/C19H24N2O2/c1-14-12-18(15(2)21(14)16-8-5-4-6-9-16)19(22)20-11-7-10-17(20)13-23-3/h4-6,8-9,12,17H,7,10-11,13H2,1-3H3/t17-/m1/s1. The molecular weight excluding hydrogens is 288 g/mol. The average Bonchev–Trinajstić information content (AvgIpc) is 3.12. The lowest BCUT2D eigenvalue weighted by Crippen LogP contribution is -2.38. The normalized spacial score (nSPS) is 17.7. The maximum absolute atomic E-state index is 13.0. The zero-order valence-corrected chi connectivity index (χ0v) is 14.1. The van der Waals surface area contributed by atoms with Gasteiger partial charge in [0.1, 0.15) is 0 Å². The second-order valence-electron chi connectivity index (χ2n) is 6.21. The molecular formula is C19H24N2O2. The number of aryl methyl sites for hydroxylation is 1. The summed E-state index contributed by atoms with van der Waals surface area (Å²) in [6.45, 7) is 5.51. The van der Waals surface area contributed by atoms with Gasteiger partial charge in [-0.3, -0.25) is 4.79 Å². The van der Waals surface area contributed by atoms with Crippen LogP contribution in [0.15, 0.2) is 36.4 Å². The summed E-state index contributed by atoms with van der Waals surface area (Å²) in [6.07, 6.45) is 2.08. The summed E-state index contributed by atoms with van der Waals surface area (Å²) in [5.74, 6) is 0.125. The zero-order valence-electron chi connectivity index (χ0n) is 14.1. The smallest absolute Gasteiger partial charge is 0.256 e. The largest absolute Gasteiger partial charge is 0.383 e. The second kappa shape index (κ2) is 6.59. The third-order valence-electron chi connectivity index (χ3n) is 4.67. The molecule has 1 aliphatic heterocycles. The fraction of sp³-hybridized carbons (Fsp3) is 0.421. The van der Waals surface area contributed by atoms with Crippen molar-refractivity contribution in [2.24, 2.45) is 0 Å². The van der Waals surface area contributed by atoms with Gasteiger partial charge in [-0.05, 0) is 44.9 Å². The van der Waals surface area contributed by atoms with Crippen molar-refractivity contribution in [3.63, 3.8) is 0 Å². The molecule has 1 amide bonds. The van der Waals surface area contributed by atoms with E-state index >= 15 is 0 Å². The molecule has 0 bridgehead atoms. The number of methoxy groups -OCH3 is 1. The maximum Gasteiger partial charge on any atom is 0.256 e. The van der Waals surface area contributed by atoms with Crippen LogP contribution in [0.5, 0.6) is 0 Å². The lowest BCUT2D eigenvalue weighted by Gasteiger charge is -2.24. The Morgan fingerprint density at radius 2 is 2.00 bits per heavy atom. The number of ether oxygens (including phenoxy) is 1. The van der Waals surface area contributed by atoms with Crippen LogP contribution >= 0.6 is 0 Å². The Morgan fingerprint density at radius 3 is 2.70 bits per heavy atom. The highest BCUT2D eigenvalue weighted by molar-refractivity contribution is 5.96. The quantitative estimate of drug-likeness (QED) is 0.868. The van der Waals surface area contributed by atoms with E-state index < -0.39 is 0 Å². The minimum absolute atomic E-state index is 0.125. The van der Waals surface area contributed by atoms with Crippen molar-refractivity contribution >= 4 is 5.91 Å². The minimum atomic E-state index is 0.125. The number of rotatable bonds is 4. The molecule has 3 rings (SSSR count). The fourth-order valence-electron chi connectivity index (χ4n) is 3.58. The average molecular weight is 312 g/mol. The topological polar surface area (TPSA) is 34.5 Å². The summed E-state index contributed by atoms with van der Waals surface area (Å²) in [6, 6.07) is 12.4. The first-order valence-corrected chi connectivity index (χ1v) is 8.17. The summed E-state index contributed by atoms with van der Waals surface area (Å²) in [5, 5.41) is 0. The van der Waals surface area contributed by atoms with Crippen LogP contribution in [0.1, 0.15) is 34.6 Å². The number of para-hydroxylation sites is 1. The van der Waals surface area contributed by atoms with Gasteiger partial charge in [0.05, 0.1) is 18.2 Å². The van der Waals surface area contributed by atoms with Crippen molar-refractivity contribution in [3.8, 4) is 5.69 Å². The van der Waals surface area contributed by atoms with Gasteiger partial charge >= 0.3 is 0 Å². The summed E-state index contributed by atoms with van der Waals surface area (Å²) in [5.41, 5.74) is 3.98. The van der Waals surface area contributed by atoms with Gasteiger partial charge in [-0.1, -0.05) is 18.2 Å². The first-order chi connectivity index (χ1) is 11.1. The number of aromatic nitrogens is 1. The van der Waals surface area contributed by atoms with Gasteiger partial charge in [-0.15, -0.1) is 0 Å². The van der Waals surface area contributed by atoms with Crippen LogP contribution in [0.3, 0.4) is 0 Å². The first-order valence-electron chi connectivity index (χ1n) is 8.17. The van der Waals surface area contributed by atoms with E-state index in [1.165, 1.54) is 0 Å². The first kappa shape index (κ1) is 15.8. The van der Waals surface area contributed by atoms with Gasteiger partial charge in [0.15, 0.2) is 0 Å². The van der Waals surface area contributed by atoms with E-state index in [0.717, 1.165) is 42.0 Å². The van der Waals surface area contributed by atoms with Crippen molar-refractivity contribution in [1.29, 1.82) is 0 Å². The highest BCUT2D eigenvalue weighted by Crippen LogP contribution is 2.25. The Hall–Kier alpha value is -2.07. The second-order valence-corrected chi connectivity index (χ2v) is 6.21. The molecule has 2 aromatic rings. The van der Waals surface area contributed by atoms with Crippen molar-refractivity contribution in [3.05, 3.63) is 53.3 Å². The number of likely N-dealkylation sites (tertiary alicyclic amines) is 1. The van der Waals surface area contributed by atoms with Crippen LogP contribution < -0.4 is 0 Å². The third kappa shape index (κ3) is 2.91. The summed E-state index contributed by atoms with van der Waals surface area (Å²) < 4.78 is 7.42. The van der Waals surface area contributed by atoms with Crippen LogP contribution in [0.4, 0.5) is 0 Å². The SMILES string of the molecule is COC[C@H]1CCCN1C(=O)c1cc(C)n(-c2ccccc2)c1C. The molecule has 1 saturated heterocycles. The summed E-state index contributed by atoms with van der Waals surface area (Å²) in [7, 11) is 1.70. The Morgan fingerprint density at radius 1 is 1.26 bits per heavy atom. The van der Waals surface area contributed by atoms with Gasteiger partial charge in [0.2, 0.25) is 0 Å². The van der Waals surface area contributed by atoms with Gasteiger partial charge in [0, 0.05) is 30.7 Å². The number of nitrogens with zero attached hydrogens (tertiary/aromatic N) is 2. The van der Waals surface area contributed by atoms with Gasteiger partial charge in [0.25, 0.3) is 5.91 Å². The number of hydrogen-bond donors (Lipinski definition) is 0. The molecule has 0 unspecified atom stereocenters. The lowest BCUT2D eigenvalue weighted by atomic mass is 10.2. The molecule has 4 heteroatoms. The van der Waals surface area contributed by atoms with Gasteiger partial charge < -0.3 is 14.2 Å². The Kier molecular flexibility index (Phi) is 4.53. The number of benzene rings is 1. The van der Waals surface area contributed by atoms with Crippen molar-refractivity contribution in [2.75, 3.05) is 20.3 Å². The highest BCUT2D eigenvalue weighted by atomic mass is 16.5. The lowest BCUT2D eigenvalue weighted by molar-refractivity contribution is 0.0630. The predicted octanol–water partition coefficient (Wildman–Crippen LogP) is 3.35. The molecule has 0 N–H and O–H groups in total. The molecule has 0 aliphatic carbocycles. The molecule has 1 fully saturated rings. The summed E-state index contributed by atoms with van der Waals surface area (Å²) >= 11 is 0. The molecule has 122 valence electrons. The Balaban J connectivity index is 1.94.